The normalized spacial score (nSPS) is 14.7. The van der Waals surface area contributed by atoms with Gasteiger partial charge in [0.25, 0.3) is 0 Å². The quantitative estimate of drug-likeness (QED) is 0.847. The zero-order valence-electron chi connectivity index (χ0n) is 9.91. The Morgan fingerprint density at radius 3 is 2.94 bits per heavy atom. The third-order valence-corrected chi connectivity index (χ3v) is 3.82. The van der Waals surface area contributed by atoms with E-state index >= 15 is 0 Å². The first-order valence-corrected chi connectivity index (χ1v) is 6.49. The number of methoxy groups -OCH3 is 1. The summed E-state index contributed by atoms with van der Waals surface area (Å²) in [5.41, 5.74) is 6.65. The van der Waals surface area contributed by atoms with E-state index in [2.05, 4.69) is 15.5 Å². The summed E-state index contributed by atoms with van der Waals surface area (Å²) >= 11 is 1.48. The van der Waals surface area contributed by atoms with E-state index in [0.717, 1.165) is 28.6 Å². The van der Waals surface area contributed by atoms with Gasteiger partial charge in [0.15, 0.2) is 0 Å². The average molecular weight is 263 g/mol. The van der Waals surface area contributed by atoms with Crippen molar-refractivity contribution in [2.45, 2.75) is 28.9 Å². The Morgan fingerprint density at radius 2 is 2.28 bits per heavy atom. The summed E-state index contributed by atoms with van der Waals surface area (Å²) in [6.45, 7) is 0. The summed E-state index contributed by atoms with van der Waals surface area (Å²) < 4.78 is 6.99. The van der Waals surface area contributed by atoms with Crippen molar-refractivity contribution in [2.24, 2.45) is 0 Å². The molecule has 1 aromatic heterocycles. The smallest absolute Gasteiger partial charge is 0.214 e. The first-order chi connectivity index (χ1) is 8.78. The van der Waals surface area contributed by atoms with Gasteiger partial charge in [-0.15, -0.1) is 5.10 Å². The summed E-state index contributed by atoms with van der Waals surface area (Å²) in [6.07, 6.45) is 2.30. The van der Waals surface area contributed by atoms with Gasteiger partial charge in [0.1, 0.15) is 5.75 Å². The number of hydrogen-bond acceptors (Lipinski definition) is 6. The van der Waals surface area contributed by atoms with Gasteiger partial charge in [0.2, 0.25) is 5.16 Å². The molecule has 1 aromatic carbocycles. The molecule has 1 fully saturated rings. The first-order valence-electron chi connectivity index (χ1n) is 5.67. The number of benzene rings is 1. The van der Waals surface area contributed by atoms with E-state index < -0.39 is 0 Å². The number of rotatable bonds is 4. The Bertz CT molecular complexity index is 566. The molecule has 0 bridgehead atoms. The van der Waals surface area contributed by atoms with Gasteiger partial charge in [0.05, 0.1) is 13.2 Å². The Labute approximate surface area is 109 Å². The molecule has 0 amide bonds. The summed E-state index contributed by atoms with van der Waals surface area (Å²) in [7, 11) is 1.62. The minimum Gasteiger partial charge on any atom is -0.497 e. The first kappa shape index (κ1) is 11.3. The minimum atomic E-state index is 0.460. The van der Waals surface area contributed by atoms with Gasteiger partial charge < -0.3 is 10.5 Å². The molecule has 7 heteroatoms. The van der Waals surface area contributed by atoms with Crippen molar-refractivity contribution in [3.63, 3.8) is 0 Å². The molecule has 1 saturated carbocycles. The Kier molecular flexibility index (Phi) is 2.83. The van der Waals surface area contributed by atoms with Crippen LogP contribution in [-0.2, 0) is 0 Å². The lowest BCUT2D eigenvalue weighted by molar-refractivity contribution is 0.415. The number of nitrogens with two attached hydrogens (primary N) is 1. The van der Waals surface area contributed by atoms with Gasteiger partial charge in [-0.05, 0) is 47.2 Å². The van der Waals surface area contributed by atoms with Crippen LogP contribution in [0.4, 0.5) is 5.69 Å². The molecular weight excluding hydrogens is 250 g/mol. The predicted octanol–water partition coefficient (Wildman–Crippen LogP) is 1.75. The molecular formula is C11H13N5OS. The summed E-state index contributed by atoms with van der Waals surface area (Å²) in [6, 6.07) is 6.06. The van der Waals surface area contributed by atoms with Crippen molar-refractivity contribution in [1.82, 2.24) is 20.2 Å². The largest absolute Gasteiger partial charge is 0.497 e. The van der Waals surface area contributed by atoms with Crippen molar-refractivity contribution >= 4 is 17.4 Å². The molecule has 0 atom stereocenters. The SMILES string of the molecule is COc1ccc(Sc2nnnn2C2CC2)c(N)c1. The van der Waals surface area contributed by atoms with E-state index in [4.69, 9.17) is 10.5 Å². The molecule has 2 N–H and O–H groups in total. The fourth-order valence-corrected chi connectivity index (χ4v) is 2.51. The van der Waals surface area contributed by atoms with Gasteiger partial charge in [-0.25, -0.2) is 4.68 Å². The standard InChI is InChI=1S/C11H13N5OS/c1-17-8-4-5-10(9(12)6-8)18-11-13-14-15-16(11)7-2-3-7/h4-7H,2-3,12H2,1H3. The number of ether oxygens (including phenoxy) is 1. The lowest BCUT2D eigenvalue weighted by Gasteiger charge is -2.07. The van der Waals surface area contributed by atoms with E-state index in [1.165, 1.54) is 11.8 Å². The van der Waals surface area contributed by atoms with Crippen molar-refractivity contribution < 1.29 is 4.74 Å². The van der Waals surface area contributed by atoms with Gasteiger partial charge >= 0.3 is 0 Å². The van der Waals surface area contributed by atoms with Crippen molar-refractivity contribution in [3.8, 4) is 5.75 Å². The van der Waals surface area contributed by atoms with E-state index in [9.17, 15) is 0 Å². The maximum absolute atomic E-state index is 5.98. The van der Waals surface area contributed by atoms with Crippen LogP contribution in [0.2, 0.25) is 0 Å². The summed E-state index contributed by atoms with van der Waals surface area (Å²) in [5, 5.41) is 12.5. The number of hydrogen-bond donors (Lipinski definition) is 1. The van der Waals surface area contributed by atoms with Crippen LogP contribution in [0.5, 0.6) is 5.75 Å². The van der Waals surface area contributed by atoms with Crippen LogP contribution >= 0.6 is 11.8 Å². The highest BCUT2D eigenvalue weighted by molar-refractivity contribution is 7.99. The zero-order valence-corrected chi connectivity index (χ0v) is 10.7. The number of anilines is 1. The third-order valence-electron chi connectivity index (χ3n) is 2.77. The average Bonchev–Trinajstić information content (AvgIpc) is 3.12. The van der Waals surface area contributed by atoms with E-state index in [1.54, 1.807) is 13.2 Å². The van der Waals surface area contributed by atoms with Crippen LogP contribution in [0.15, 0.2) is 28.3 Å². The molecule has 0 radical (unpaired) electrons. The van der Waals surface area contributed by atoms with E-state index in [1.807, 2.05) is 16.8 Å². The maximum Gasteiger partial charge on any atom is 0.214 e. The van der Waals surface area contributed by atoms with Crippen molar-refractivity contribution in [1.29, 1.82) is 0 Å². The van der Waals surface area contributed by atoms with Gasteiger partial charge in [-0.1, -0.05) is 0 Å². The van der Waals surface area contributed by atoms with Crippen molar-refractivity contribution in [2.75, 3.05) is 12.8 Å². The Morgan fingerprint density at radius 1 is 1.44 bits per heavy atom. The number of nitrogens with zero attached hydrogens (tertiary/aromatic N) is 4. The monoisotopic (exact) mass is 263 g/mol. The molecule has 2 aromatic rings. The molecule has 0 spiro atoms. The van der Waals surface area contributed by atoms with Gasteiger partial charge in [-0.2, -0.15) is 0 Å². The van der Waals surface area contributed by atoms with Crippen LogP contribution in [-0.4, -0.2) is 27.3 Å². The van der Waals surface area contributed by atoms with Crippen LogP contribution < -0.4 is 10.5 Å². The zero-order chi connectivity index (χ0) is 12.5. The highest BCUT2D eigenvalue weighted by Gasteiger charge is 2.28. The van der Waals surface area contributed by atoms with Gasteiger partial charge in [-0.3, -0.25) is 0 Å². The van der Waals surface area contributed by atoms with Gasteiger partial charge in [0, 0.05) is 16.6 Å². The Balaban J connectivity index is 1.85. The van der Waals surface area contributed by atoms with Crippen LogP contribution in [0.1, 0.15) is 18.9 Å². The molecule has 1 aliphatic rings. The molecule has 18 heavy (non-hydrogen) atoms. The molecule has 0 unspecified atom stereocenters. The highest BCUT2D eigenvalue weighted by Crippen LogP contribution is 2.39. The summed E-state index contributed by atoms with van der Waals surface area (Å²) in [5.74, 6) is 0.749. The molecule has 6 nitrogen and oxygen atoms in total. The van der Waals surface area contributed by atoms with E-state index in [0.29, 0.717) is 11.7 Å². The second-order valence-electron chi connectivity index (χ2n) is 4.14. The predicted molar refractivity (Wildman–Crippen MR) is 67.6 cm³/mol. The fourth-order valence-electron chi connectivity index (χ4n) is 1.65. The molecule has 3 rings (SSSR count). The minimum absolute atomic E-state index is 0.460. The Hall–Kier alpha value is -1.76. The van der Waals surface area contributed by atoms with E-state index in [-0.39, 0.29) is 0 Å². The fraction of sp³-hybridized carbons (Fsp3) is 0.364. The highest BCUT2D eigenvalue weighted by atomic mass is 32.2. The molecule has 1 aliphatic carbocycles. The third kappa shape index (κ3) is 2.13. The molecule has 0 saturated heterocycles. The topological polar surface area (TPSA) is 78.9 Å². The second-order valence-corrected chi connectivity index (χ2v) is 5.15. The second kappa shape index (κ2) is 4.49. The maximum atomic E-state index is 5.98. The molecule has 94 valence electrons. The molecule has 1 heterocycles. The lowest BCUT2D eigenvalue weighted by atomic mass is 10.3. The summed E-state index contributed by atoms with van der Waals surface area (Å²) in [4.78, 5) is 0.938. The van der Waals surface area contributed by atoms with Crippen LogP contribution in [0, 0.1) is 0 Å². The van der Waals surface area contributed by atoms with Crippen LogP contribution in [0.3, 0.4) is 0 Å². The van der Waals surface area contributed by atoms with Crippen molar-refractivity contribution in [3.05, 3.63) is 18.2 Å². The number of aromatic nitrogens is 4. The number of nitrogen functional groups attached to an aromatic ring is 1. The number of tetrazole rings is 1. The molecule has 0 aliphatic heterocycles. The van der Waals surface area contributed by atoms with Crippen LogP contribution in [0.25, 0.3) is 0 Å². The lowest BCUT2D eigenvalue weighted by Crippen LogP contribution is -1.99.